The average molecular weight is 279 g/mol. The van der Waals surface area contributed by atoms with Gasteiger partial charge >= 0.3 is 0 Å². The molecule has 1 unspecified atom stereocenters. The van der Waals surface area contributed by atoms with Gasteiger partial charge in [-0.15, -0.1) is 0 Å². The number of hydrogen-bond acceptors (Lipinski definition) is 5. The van der Waals surface area contributed by atoms with Crippen molar-refractivity contribution < 1.29 is 13.7 Å². The second kappa shape index (κ2) is 6.47. The molecule has 5 nitrogen and oxygen atoms in total. The lowest BCUT2D eigenvalue weighted by Gasteiger charge is -2.11. The van der Waals surface area contributed by atoms with E-state index in [2.05, 4.69) is 10.1 Å². The van der Waals surface area contributed by atoms with E-state index in [9.17, 15) is 4.39 Å². The Bertz CT molecular complexity index is 565. The zero-order chi connectivity index (χ0) is 14.5. The number of ether oxygens (including phenoxy) is 1. The molecule has 0 saturated carbocycles. The van der Waals surface area contributed by atoms with E-state index in [1.807, 2.05) is 13.8 Å². The number of nitrogen functional groups attached to an aromatic ring is 1. The first-order chi connectivity index (χ1) is 9.65. The molecule has 1 atom stereocenters. The molecule has 0 radical (unpaired) electrons. The van der Waals surface area contributed by atoms with Crippen LogP contribution in [0.3, 0.4) is 0 Å². The fraction of sp³-hybridized carbons (Fsp3) is 0.429. The molecule has 1 aromatic carbocycles. The zero-order valence-electron chi connectivity index (χ0n) is 11.6. The lowest BCUT2D eigenvalue weighted by atomic mass is 10.2. The molecule has 6 heteroatoms. The van der Waals surface area contributed by atoms with Crippen LogP contribution in [0.2, 0.25) is 0 Å². The van der Waals surface area contributed by atoms with E-state index in [-0.39, 0.29) is 17.6 Å². The number of anilines is 1. The van der Waals surface area contributed by atoms with Gasteiger partial charge in [-0.25, -0.2) is 4.39 Å². The van der Waals surface area contributed by atoms with E-state index < -0.39 is 5.82 Å². The Labute approximate surface area is 116 Å². The molecule has 0 aliphatic carbocycles. The van der Waals surface area contributed by atoms with Gasteiger partial charge in [-0.3, -0.25) is 0 Å². The van der Waals surface area contributed by atoms with Gasteiger partial charge in [-0.1, -0.05) is 18.5 Å². The second-order valence-corrected chi connectivity index (χ2v) is 4.43. The third kappa shape index (κ3) is 3.14. The molecule has 2 rings (SSSR count). The van der Waals surface area contributed by atoms with Gasteiger partial charge in [0.15, 0.2) is 0 Å². The Morgan fingerprint density at radius 3 is 2.85 bits per heavy atom. The van der Waals surface area contributed by atoms with E-state index in [1.165, 1.54) is 12.1 Å². The quantitative estimate of drug-likeness (QED) is 0.821. The minimum Gasteiger partial charge on any atom is -0.399 e. The summed E-state index contributed by atoms with van der Waals surface area (Å²) in [5.41, 5.74) is 6.10. The third-order valence-corrected chi connectivity index (χ3v) is 2.87. The number of benzene rings is 1. The zero-order valence-corrected chi connectivity index (χ0v) is 11.6. The maximum Gasteiger partial charge on any atom is 0.260 e. The van der Waals surface area contributed by atoms with Crippen LogP contribution < -0.4 is 5.73 Å². The van der Waals surface area contributed by atoms with Crippen molar-refractivity contribution in [2.75, 3.05) is 12.3 Å². The van der Waals surface area contributed by atoms with Gasteiger partial charge in [0, 0.05) is 12.3 Å². The van der Waals surface area contributed by atoms with Crippen molar-refractivity contribution in [3.63, 3.8) is 0 Å². The number of aromatic nitrogens is 2. The molecular formula is C14H18FN3O2. The minimum atomic E-state index is -0.483. The Morgan fingerprint density at radius 1 is 1.40 bits per heavy atom. The Hall–Kier alpha value is -1.95. The predicted molar refractivity (Wildman–Crippen MR) is 73.4 cm³/mol. The molecule has 0 aliphatic rings. The molecule has 108 valence electrons. The largest absolute Gasteiger partial charge is 0.399 e. The third-order valence-electron chi connectivity index (χ3n) is 2.87. The van der Waals surface area contributed by atoms with Gasteiger partial charge in [-0.2, -0.15) is 4.98 Å². The number of halogens is 1. The maximum absolute atomic E-state index is 13.8. The number of nitrogens with zero attached hydrogens (tertiary/aromatic N) is 2. The van der Waals surface area contributed by atoms with E-state index in [1.54, 1.807) is 6.07 Å². The summed E-state index contributed by atoms with van der Waals surface area (Å²) in [7, 11) is 0. The van der Waals surface area contributed by atoms with Crippen molar-refractivity contribution in [3.8, 4) is 11.5 Å². The van der Waals surface area contributed by atoms with E-state index in [0.717, 1.165) is 12.8 Å². The van der Waals surface area contributed by atoms with Crippen LogP contribution in [0.4, 0.5) is 10.1 Å². The highest BCUT2D eigenvalue weighted by Crippen LogP contribution is 2.26. The molecule has 0 amide bonds. The summed E-state index contributed by atoms with van der Waals surface area (Å²) in [4.78, 5) is 4.22. The van der Waals surface area contributed by atoms with Crippen LogP contribution in [-0.4, -0.2) is 16.7 Å². The molecule has 0 aliphatic heterocycles. The molecule has 0 bridgehead atoms. The maximum atomic E-state index is 13.8. The van der Waals surface area contributed by atoms with Crippen LogP contribution in [0, 0.1) is 5.82 Å². The first-order valence-corrected chi connectivity index (χ1v) is 6.66. The van der Waals surface area contributed by atoms with Crippen LogP contribution in [0.15, 0.2) is 22.7 Å². The van der Waals surface area contributed by atoms with Crippen LogP contribution in [0.1, 0.15) is 38.6 Å². The number of rotatable bonds is 6. The number of nitrogens with two attached hydrogens (primary N) is 1. The molecule has 1 heterocycles. The van der Waals surface area contributed by atoms with E-state index in [4.69, 9.17) is 15.0 Å². The van der Waals surface area contributed by atoms with Crippen LogP contribution in [0.25, 0.3) is 11.5 Å². The highest BCUT2D eigenvalue weighted by atomic mass is 19.1. The van der Waals surface area contributed by atoms with Crippen LogP contribution in [0.5, 0.6) is 0 Å². The first kappa shape index (κ1) is 14.5. The molecule has 2 N–H and O–H groups in total. The van der Waals surface area contributed by atoms with Crippen molar-refractivity contribution in [1.82, 2.24) is 10.1 Å². The Kier molecular flexibility index (Phi) is 4.68. The normalized spacial score (nSPS) is 12.6. The highest BCUT2D eigenvalue weighted by Gasteiger charge is 2.20. The van der Waals surface area contributed by atoms with Gasteiger partial charge in [-0.05, 0) is 31.5 Å². The van der Waals surface area contributed by atoms with E-state index >= 15 is 0 Å². The van der Waals surface area contributed by atoms with Crippen LogP contribution >= 0.6 is 0 Å². The molecule has 20 heavy (non-hydrogen) atoms. The van der Waals surface area contributed by atoms with Crippen LogP contribution in [-0.2, 0) is 4.74 Å². The standard InChI is InChI=1S/C14H18FN3O2/c1-3-5-12(19-4-2)13-17-14(20-18-13)10-7-6-9(16)8-11(10)15/h6-8,12H,3-5,16H2,1-2H3. The topological polar surface area (TPSA) is 74.2 Å². The van der Waals surface area contributed by atoms with E-state index in [0.29, 0.717) is 18.1 Å². The molecule has 0 saturated heterocycles. The molecule has 0 fully saturated rings. The van der Waals surface area contributed by atoms with Gasteiger partial charge in [0.05, 0.1) is 5.56 Å². The van der Waals surface area contributed by atoms with Gasteiger partial charge < -0.3 is 15.0 Å². The molecule has 2 aromatic rings. The summed E-state index contributed by atoms with van der Waals surface area (Å²) in [5.74, 6) is 0.0990. The minimum absolute atomic E-state index is 0.137. The lowest BCUT2D eigenvalue weighted by molar-refractivity contribution is 0.0478. The highest BCUT2D eigenvalue weighted by molar-refractivity contribution is 5.58. The second-order valence-electron chi connectivity index (χ2n) is 4.43. The monoisotopic (exact) mass is 279 g/mol. The van der Waals surface area contributed by atoms with Crippen molar-refractivity contribution >= 4 is 5.69 Å². The summed E-state index contributed by atoms with van der Waals surface area (Å²) < 4.78 is 24.5. The summed E-state index contributed by atoms with van der Waals surface area (Å²) in [6.45, 7) is 4.51. The number of hydrogen-bond donors (Lipinski definition) is 1. The fourth-order valence-electron chi connectivity index (χ4n) is 1.93. The molecule has 0 spiro atoms. The van der Waals surface area contributed by atoms with Crippen molar-refractivity contribution in [1.29, 1.82) is 0 Å². The van der Waals surface area contributed by atoms with Gasteiger partial charge in [0.1, 0.15) is 11.9 Å². The van der Waals surface area contributed by atoms with Crippen molar-refractivity contribution in [3.05, 3.63) is 29.8 Å². The Balaban J connectivity index is 2.27. The van der Waals surface area contributed by atoms with Gasteiger partial charge in [0.25, 0.3) is 5.89 Å². The molecular weight excluding hydrogens is 261 g/mol. The Morgan fingerprint density at radius 2 is 2.20 bits per heavy atom. The molecule has 1 aromatic heterocycles. The average Bonchev–Trinajstić information content (AvgIpc) is 2.88. The van der Waals surface area contributed by atoms with Crippen molar-refractivity contribution in [2.45, 2.75) is 32.8 Å². The van der Waals surface area contributed by atoms with Crippen molar-refractivity contribution in [2.24, 2.45) is 0 Å². The van der Waals surface area contributed by atoms with Gasteiger partial charge in [0.2, 0.25) is 5.82 Å². The summed E-state index contributed by atoms with van der Waals surface area (Å²) in [6.07, 6.45) is 1.50. The first-order valence-electron chi connectivity index (χ1n) is 6.66. The fourth-order valence-corrected chi connectivity index (χ4v) is 1.93. The lowest BCUT2D eigenvalue weighted by Crippen LogP contribution is -2.06. The predicted octanol–water partition coefficient (Wildman–Crippen LogP) is 3.34. The summed E-state index contributed by atoms with van der Waals surface area (Å²) in [5, 5.41) is 3.88. The summed E-state index contributed by atoms with van der Waals surface area (Å²) in [6, 6.07) is 4.34. The summed E-state index contributed by atoms with van der Waals surface area (Å²) >= 11 is 0. The SMILES string of the molecule is CCCC(OCC)c1noc(-c2ccc(N)cc2F)n1. The smallest absolute Gasteiger partial charge is 0.260 e.